The monoisotopic (exact) mass is 484 g/mol. The van der Waals surface area contributed by atoms with Crippen molar-refractivity contribution in [1.82, 2.24) is 14.8 Å². The molecule has 4 rings (SSSR count). The third-order valence-corrected chi connectivity index (χ3v) is 6.09. The highest BCUT2D eigenvalue weighted by atomic mass is 16.6. The molecule has 0 fully saturated rings. The van der Waals surface area contributed by atoms with E-state index in [1.165, 1.54) is 0 Å². The van der Waals surface area contributed by atoms with Gasteiger partial charge >= 0.3 is 0 Å². The minimum absolute atomic E-state index is 0.0156. The molecule has 0 saturated carbocycles. The Morgan fingerprint density at radius 2 is 2.09 bits per heavy atom. The van der Waals surface area contributed by atoms with Crippen LogP contribution in [0.5, 0.6) is 0 Å². The Morgan fingerprint density at radius 1 is 1.23 bits per heavy atom. The number of allylic oxidation sites excluding steroid dienone is 2. The summed E-state index contributed by atoms with van der Waals surface area (Å²) in [6.07, 6.45) is 8.53. The molecule has 0 saturated heterocycles. The van der Waals surface area contributed by atoms with E-state index in [0.717, 1.165) is 42.2 Å². The number of nitrogens with zero attached hydrogens (tertiary/aromatic N) is 4. The second-order valence-corrected chi connectivity index (χ2v) is 9.31. The molecule has 1 aromatic heterocycles. The normalized spacial score (nSPS) is 23.2. The zero-order chi connectivity index (χ0) is 24.8. The van der Waals surface area contributed by atoms with Gasteiger partial charge in [-0.15, -0.1) is 0 Å². The SMILES string of the molecule is CC(C)OCCOC1=CC=C2CC1OCC(=O)N(C)CCCN(C)Cc1c[nH]c3c1/C(=N/2)N=CN3. The standard InChI is InChI=1S/C25H36N6O4/c1-17(2)33-10-11-34-20-7-6-19-12-21(20)35-15-22(32)31(4)9-5-8-30(3)14-18-13-26-24-23(18)25(29-19)28-16-27-24/h6-7,13,16-17,21H,5,8-12,14-15H2,1-4H3,(H2,26,27,28,29). The second-order valence-electron chi connectivity index (χ2n) is 9.31. The summed E-state index contributed by atoms with van der Waals surface area (Å²) in [7, 11) is 3.90. The molecule has 3 aliphatic rings. The van der Waals surface area contributed by atoms with Crippen molar-refractivity contribution in [2.45, 2.75) is 45.4 Å². The number of aliphatic imine (C=N–C) groups is 2. The predicted molar refractivity (Wildman–Crippen MR) is 136 cm³/mol. The molecule has 0 spiro atoms. The third kappa shape index (κ3) is 6.59. The minimum atomic E-state index is -0.411. The van der Waals surface area contributed by atoms with Crippen molar-refractivity contribution < 1.29 is 19.0 Å². The second kappa shape index (κ2) is 11.7. The van der Waals surface area contributed by atoms with Crippen LogP contribution in [0.2, 0.25) is 0 Å². The highest BCUT2D eigenvalue weighted by molar-refractivity contribution is 6.13. The first-order valence-electron chi connectivity index (χ1n) is 12.2. The van der Waals surface area contributed by atoms with E-state index >= 15 is 0 Å². The molecule has 1 atom stereocenters. The smallest absolute Gasteiger partial charge is 0.248 e. The molecule has 3 heterocycles. The van der Waals surface area contributed by atoms with E-state index in [0.29, 0.717) is 37.8 Å². The summed E-state index contributed by atoms with van der Waals surface area (Å²) in [6, 6.07) is 0. The number of fused-ring (bicyclic) bond motifs is 2. The Hall–Kier alpha value is -2.95. The summed E-state index contributed by atoms with van der Waals surface area (Å²) >= 11 is 0. The van der Waals surface area contributed by atoms with Crippen molar-refractivity contribution in [1.29, 1.82) is 0 Å². The summed E-state index contributed by atoms with van der Waals surface area (Å²) in [5.74, 6) is 2.17. The number of aromatic nitrogens is 1. The molecule has 2 bridgehead atoms. The molecule has 2 N–H and O–H groups in total. The summed E-state index contributed by atoms with van der Waals surface area (Å²) in [6.45, 7) is 7.13. The van der Waals surface area contributed by atoms with Gasteiger partial charge in [-0.2, -0.15) is 0 Å². The molecule has 1 aromatic rings. The number of H-pyrrole nitrogens is 1. The lowest BCUT2D eigenvalue weighted by Crippen LogP contribution is -2.35. The van der Waals surface area contributed by atoms with Gasteiger partial charge in [0.2, 0.25) is 5.91 Å². The van der Waals surface area contributed by atoms with Crippen molar-refractivity contribution in [2.75, 3.05) is 52.3 Å². The van der Waals surface area contributed by atoms with Gasteiger partial charge in [0.25, 0.3) is 0 Å². The van der Waals surface area contributed by atoms with E-state index in [1.807, 2.05) is 39.2 Å². The number of hydrogen-bond donors (Lipinski definition) is 2. The molecule has 1 unspecified atom stereocenters. The largest absolute Gasteiger partial charge is 0.493 e. The van der Waals surface area contributed by atoms with Crippen molar-refractivity contribution in [2.24, 2.45) is 9.98 Å². The quantitative estimate of drug-likeness (QED) is 0.623. The average molecular weight is 485 g/mol. The van der Waals surface area contributed by atoms with Crippen LogP contribution in [0.1, 0.15) is 37.8 Å². The average Bonchev–Trinajstić information content (AvgIpc) is 3.24. The molecule has 1 amide bonds. The lowest BCUT2D eigenvalue weighted by Gasteiger charge is -2.26. The number of carbonyl (C=O) groups excluding carboxylic acids is 1. The number of nitrogens with one attached hydrogen (secondary N) is 2. The topological polar surface area (TPSA) is 104 Å². The number of rotatable bonds is 5. The summed E-state index contributed by atoms with van der Waals surface area (Å²) < 4.78 is 17.6. The van der Waals surface area contributed by atoms with Crippen LogP contribution in [0.4, 0.5) is 5.82 Å². The first-order valence-corrected chi connectivity index (χ1v) is 12.2. The number of likely N-dealkylation sites (N-methyl/N-ethyl adjacent to an activating group) is 1. The van der Waals surface area contributed by atoms with Crippen LogP contribution in [0.15, 0.2) is 39.8 Å². The first-order chi connectivity index (χ1) is 16.9. The van der Waals surface area contributed by atoms with Crippen molar-refractivity contribution in [3.05, 3.63) is 40.9 Å². The minimum Gasteiger partial charge on any atom is -0.493 e. The van der Waals surface area contributed by atoms with E-state index in [9.17, 15) is 4.79 Å². The van der Waals surface area contributed by atoms with Gasteiger partial charge in [-0.25, -0.2) is 9.98 Å². The molecule has 35 heavy (non-hydrogen) atoms. The maximum Gasteiger partial charge on any atom is 0.248 e. The summed E-state index contributed by atoms with van der Waals surface area (Å²) in [5.41, 5.74) is 2.92. The Bertz CT molecular complexity index is 1030. The lowest BCUT2D eigenvalue weighted by molar-refractivity contribution is -0.137. The third-order valence-electron chi connectivity index (χ3n) is 6.09. The Balaban J connectivity index is 1.61. The molecular formula is C25H36N6O4. The van der Waals surface area contributed by atoms with E-state index in [2.05, 4.69) is 27.2 Å². The van der Waals surface area contributed by atoms with E-state index < -0.39 is 6.10 Å². The number of amides is 1. The van der Waals surface area contributed by atoms with Crippen LogP contribution >= 0.6 is 0 Å². The summed E-state index contributed by atoms with van der Waals surface area (Å²) in [4.78, 5) is 29.4. The molecule has 10 nitrogen and oxygen atoms in total. The Morgan fingerprint density at radius 3 is 2.91 bits per heavy atom. The summed E-state index contributed by atoms with van der Waals surface area (Å²) in [5, 5.41) is 3.18. The number of amidine groups is 1. The molecule has 2 aliphatic heterocycles. The van der Waals surface area contributed by atoms with E-state index in [4.69, 9.17) is 19.2 Å². The molecule has 0 radical (unpaired) electrons. The zero-order valence-corrected chi connectivity index (χ0v) is 21.0. The maximum absolute atomic E-state index is 12.7. The fraction of sp³-hybridized carbons (Fsp3) is 0.560. The van der Waals surface area contributed by atoms with Crippen molar-refractivity contribution in [3.8, 4) is 0 Å². The molecule has 1 aliphatic carbocycles. The number of aromatic amines is 1. The van der Waals surface area contributed by atoms with E-state index in [-0.39, 0.29) is 18.6 Å². The van der Waals surface area contributed by atoms with Gasteiger partial charge in [-0.3, -0.25) is 4.79 Å². The van der Waals surface area contributed by atoms with Crippen LogP contribution in [0.3, 0.4) is 0 Å². The van der Waals surface area contributed by atoms with Crippen molar-refractivity contribution in [3.63, 3.8) is 0 Å². The van der Waals surface area contributed by atoms with E-state index in [1.54, 1.807) is 11.2 Å². The highest BCUT2D eigenvalue weighted by Gasteiger charge is 2.26. The number of anilines is 1. The van der Waals surface area contributed by atoms with Gasteiger partial charge in [0.05, 0.1) is 24.6 Å². The Labute approximate surface area is 206 Å². The van der Waals surface area contributed by atoms with Gasteiger partial charge in [-0.05, 0) is 51.6 Å². The highest BCUT2D eigenvalue weighted by Crippen LogP contribution is 2.28. The number of carbonyl (C=O) groups is 1. The van der Waals surface area contributed by atoms with Crippen molar-refractivity contribution >= 4 is 23.9 Å². The number of ether oxygens (including phenoxy) is 3. The molecule has 0 aromatic carbocycles. The first kappa shape index (κ1) is 25.2. The Kier molecular flexibility index (Phi) is 8.37. The maximum atomic E-state index is 12.7. The van der Waals surface area contributed by atoms with Crippen LogP contribution < -0.4 is 5.32 Å². The van der Waals surface area contributed by atoms with Gasteiger partial charge < -0.3 is 34.3 Å². The van der Waals surface area contributed by atoms with Gasteiger partial charge in [0.15, 0.2) is 5.84 Å². The molecule has 10 heteroatoms. The molecular weight excluding hydrogens is 448 g/mol. The predicted octanol–water partition coefficient (Wildman–Crippen LogP) is 2.51. The zero-order valence-electron chi connectivity index (χ0n) is 21.0. The van der Waals surface area contributed by atoms with Gasteiger partial charge in [-0.1, -0.05) is 0 Å². The van der Waals surface area contributed by atoms with Gasteiger partial charge in [0.1, 0.15) is 30.9 Å². The lowest BCUT2D eigenvalue weighted by atomic mass is 10.1. The van der Waals surface area contributed by atoms with Crippen LogP contribution in [0, 0.1) is 0 Å². The molecule has 190 valence electrons. The fourth-order valence-corrected chi connectivity index (χ4v) is 4.21. The fourth-order valence-electron chi connectivity index (χ4n) is 4.21. The van der Waals surface area contributed by atoms with Crippen LogP contribution in [-0.4, -0.2) is 92.1 Å². The number of hydrogen-bond acceptors (Lipinski definition) is 8. The van der Waals surface area contributed by atoms with Crippen LogP contribution in [0.25, 0.3) is 0 Å². The van der Waals surface area contributed by atoms with Crippen LogP contribution in [-0.2, 0) is 25.5 Å². The van der Waals surface area contributed by atoms with Gasteiger partial charge in [0, 0.05) is 38.5 Å².